The van der Waals surface area contributed by atoms with Gasteiger partial charge in [-0.05, 0) is 50.0 Å². The lowest BCUT2D eigenvalue weighted by molar-refractivity contribution is -0.135. The van der Waals surface area contributed by atoms with Gasteiger partial charge in [0.05, 0.1) is 0 Å². The molecule has 0 aromatic heterocycles. The first-order chi connectivity index (χ1) is 13.2. The third-order valence-corrected chi connectivity index (χ3v) is 5.50. The Morgan fingerprint density at radius 2 is 1.81 bits per heavy atom. The highest BCUT2D eigenvalue weighted by atomic mass is 16.5. The van der Waals surface area contributed by atoms with Gasteiger partial charge in [0, 0.05) is 45.2 Å². The Morgan fingerprint density at radius 1 is 1.07 bits per heavy atom. The van der Waals surface area contributed by atoms with Crippen molar-refractivity contribution in [2.24, 2.45) is 11.8 Å². The summed E-state index contributed by atoms with van der Waals surface area (Å²) in [5.41, 5.74) is 1.20. The number of nitrogens with one attached hydrogen (secondary N) is 1. The fourth-order valence-corrected chi connectivity index (χ4v) is 3.51. The molecule has 2 aliphatic rings. The SMILES string of the molecule is O=C(NCCCOCC1CC1)C1CCN(C(=O)CCc2ccccc2)CC1. The molecule has 0 radical (unpaired) electrons. The molecule has 2 amide bonds. The van der Waals surface area contributed by atoms with E-state index in [1.165, 1.54) is 18.4 Å². The summed E-state index contributed by atoms with van der Waals surface area (Å²) in [7, 11) is 0. The maximum atomic E-state index is 12.4. The van der Waals surface area contributed by atoms with Gasteiger partial charge in [-0.25, -0.2) is 0 Å². The van der Waals surface area contributed by atoms with E-state index < -0.39 is 0 Å². The van der Waals surface area contributed by atoms with Gasteiger partial charge in [0.15, 0.2) is 0 Å². The third-order valence-electron chi connectivity index (χ3n) is 5.50. The Bertz CT molecular complexity index is 593. The lowest BCUT2D eigenvalue weighted by atomic mass is 9.95. The molecular weight excluding hydrogens is 340 g/mol. The van der Waals surface area contributed by atoms with Crippen LogP contribution in [-0.2, 0) is 20.7 Å². The van der Waals surface area contributed by atoms with Crippen molar-refractivity contribution < 1.29 is 14.3 Å². The van der Waals surface area contributed by atoms with Crippen LogP contribution in [-0.4, -0.2) is 49.6 Å². The Kier molecular flexibility index (Phi) is 7.69. The summed E-state index contributed by atoms with van der Waals surface area (Å²) < 4.78 is 5.58. The summed E-state index contributed by atoms with van der Waals surface area (Å²) in [5.74, 6) is 1.16. The first-order valence-electron chi connectivity index (χ1n) is 10.4. The molecule has 0 atom stereocenters. The maximum Gasteiger partial charge on any atom is 0.223 e. The van der Waals surface area contributed by atoms with E-state index in [9.17, 15) is 9.59 Å². The number of ether oxygens (including phenoxy) is 1. The fourth-order valence-electron chi connectivity index (χ4n) is 3.51. The Balaban J connectivity index is 1.26. The molecule has 1 N–H and O–H groups in total. The molecule has 1 aromatic rings. The number of benzene rings is 1. The minimum absolute atomic E-state index is 0.0376. The topological polar surface area (TPSA) is 58.6 Å². The summed E-state index contributed by atoms with van der Waals surface area (Å²) in [6.45, 7) is 3.67. The number of hydrogen-bond acceptors (Lipinski definition) is 3. The molecule has 0 bridgehead atoms. The Labute approximate surface area is 162 Å². The van der Waals surface area contributed by atoms with Gasteiger partial charge in [-0.2, -0.15) is 0 Å². The van der Waals surface area contributed by atoms with Crippen LogP contribution in [0.2, 0.25) is 0 Å². The number of nitrogens with zero attached hydrogens (tertiary/aromatic N) is 1. The van der Waals surface area contributed by atoms with Crippen molar-refractivity contribution in [2.75, 3.05) is 32.8 Å². The van der Waals surface area contributed by atoms with Crippen LogP contribution >= 0.6 is 0 Å². The second-order valence-corrected chi connectivity index (χ2v) is 7.80. The molecule has 5 nitrogen and oxygen atoms in total. The van der Waals surface area contributed by atoms with Crippen LogP contribution in [0.1, 0.15) is 44.1 Å². The van der Waals surface area contributed by atoms with Crippen molar-refractivity contribution in [2.45, 2.75) is 44.9 Å². The molecule has 1 aliphatic heterocycles. The van der Waals surface area contributed by atoms with Gasteiger partial charge in [0.2, 0.25) is 11.8 Å². The molecule has 5 heteroatoms. The highest BCUT2D eigenvalue weighted by Gasteiger charge is 2.27. The summed E-state index contributed by atoms with van der Waals surface area (Å²) in [4.78, 5) is 26.6. The number of rotatable bonds is 10. The van der Waals surface area contributed by atoms with E-state index >= 15 is 0 Å². The molecular formula is C22H32N2O3. The van der Waals surface area contributed by atoms with Crippen molar-refractivity contribution in [3.63, 3.8) is 0 Å². The van der Waals surface area contributed by atoms with E-state index in [0.29, 0.717) is 26.1 Å². The summed E-state index contributed by atoms with van der Waals surface area (Å²) >= 11 is 0. The highest BCUT2D eigenvalue weighted by Crippen LogP contribution is 2.28. The van der Waals surface area contributed by atoms with Gasteiger partial charge in [-0.15, -0.1) is 0 Å². The van der Waals surface area contributed by atoms with Gasteiger partial charge >= 0.3 is 0 Å². The van der Waals surface area contributed by atoms with E-state index in [-0.39, 0.29) is 17.7 Å². The minimum atomic E-state index is 0.0376. The van der Waals surface area contributed by atoms with Gasteiger partial charge in [-0.3, -0.25) is 9.59 Å². The average molecular weight is 373 g/mol. The predicted molar refractivity (Wildman–Crippen MR) is 105 cm³/mol. The predicted octanol–water partition coefficient (Wildman–Crippen LogP) is 2.79. The number of amides is 2. The van der Waals surface area contributed by atoms with Gasteiger partial charge < -0.3 is 15.0 Å². The van der Waals surface area contributed by atoms with Crippen LogP contribution in [0.5, 0.6) is 0 Å². The Hall–Kier alpha value is -1.88. The monoisotopic (exact) mass is 372 g/mol. The molecule has 1 saturated carbocycles. The van der Waals surface area contributed by atoms with Crippen molar-refractivity contribution in [1.29, 1.82) is 0 Å². The molecule has 0 unspecified atom stereocenters. The molecule has 0 spiro atoms. The van der Waals surface area contributed by atoms with E-state index in [1.807, 2.05) is 23.1 Å². The molecule has 27 heavy (non-hydrogen) atoms. The summed E-state index contributed by atoms with van der Waals surface area (Å²) in [6, 6.07) is 10.1. The summed E-state index contributed by atoms with van der Waals surface area (Å²) in [5, 5.41) is 3.02. The normalized spacial score (nSPS) is 17.7. The van der Waals surface area contributed by atoms with Crippen LogP contribution in [0, 0.1) is 11.8 Å². The highest BCUT2D eigenvalue weighted by molar-refractivity contribution is 5.80. The van der Waals surface area contributed by atoms with Crippen LogP contribution in [0.4, 0.5) is 0 Å². The molecule has 1 saturated heterocycles. The van der Waals surface area contributed by atoms with Gasteiger partial charge in [-0.1, -0.05) is 30.3 Å². The summed E-state index contributed by atoms with van der Waals surface area (Å²) in [6.07, 6.45) is 6.34. The number of carbonyl (C=O) groups excluding carboxylic acids is 2. The standard InChI is InChI=1S/C22H32N2O3/c25-21(10-9-18-5-2-1-3-6-18)24-14-11-20(12-15-24)22(26)23-13-4-16-27-17-19-7-8-19/h1-3,5-6,19-20H,4,7-17H2,(H,23,26). The fraction of sp³-hybridized carbons (Fsp3) is 0.636. The van der Waals surface area contributed by atoms with Crippen molar-refractivity contribution >= 4 is 11.8 Å². The zero-order valence-electron chi connectivity index (χ0n) is 16.2. The molecule has 148 valence electrons. The van der Waals surface area contributed by atoms with Gasteiger partial charge in [0.1, 0.15) is 0 Å². The lowest BCUT2D eigenvalue weighted by Gasteiger charge is -2.31. The second-order valence-electron chi connectivity index (χ2n) is 7.80. The lowest BCUT2D eigenvalue weighted by Crippen LogP contribution is -2.43. The average Bonchev–Trinajstić information content (AvgIpc) is 3.54. The van der Waals surface area contributed by atoms with Crippen LogP contribution in [0.25, 0.3) is 0 Å². The first kappa shape index (κ1) is 19.9. The van der Waals surface area contributed by atoms with Crippen LogP contribution in [0.15, 0.2) is 30.3 Å². The van der Waals surface area contributed by atoms with Gasteiger partial charge in [0.25, 0.3) is 0 Å². The molecule has 3 rings (SSSR count). The quantitative estimate of drug-likeness (QED) is 0.643. The number of aryl methyl sites for hydroxylation is 1. The largest absolute Gasteiger partial charge is 0.381 e. The Morgan fingerprint density at radius 3 is 2.52 bits per heavy atom. The molecule has 2 fully saturated rings. The van der Waals surface area contributed by atoms with E-state index in [1.54, 1.807) is 0 Å². The zero-order valence-corrected chi connectivity index (χ0v) is 16.2. The number of likely N-dealkylation sites (tertiary alicyclic amines) is 1. The van der Waals surface area contributed by atoms with E-state index in [4.69, 9.17) is 4.74 Å². The molecule has 1 aliphatic carbocycles. The second kappa shape index (κ2) is 10.5. The molecule has 1 aromatic carbocycles. The third kappa shape index (κ3) is 6.98. The van der Waals surface area contributed by atoms with E-state index in [2.05, 4.69) is 17.4 Å². The minimum Gasteiger partial charge on any atom is -0.381 e. The van der Waals surface area contributed by atoms with Crippen LogP contribution in [0.3, 0.4) is 0 Å². The van der Waals surface area contributed by atoms with Crippen LogP contribution < -0.4 is 5.32 Å². The van der Waals surface area contributed by atoms with Crippen molar-refractivity contribution in [3.05, 3.63) is 35.9 Å². The number of hydrogen-bond donors (Lipinski definition) is 1. The smallest absolute Gasteiger partial charge is 0.223 e. The van der Waals surface area contributed by atoms with E-state index in [0.717, 1.165) is 44.8 Å². The van der Waals surface area contributed by atoms with Crippen molar-refractivity contribution in [3.8, 4) is 0 Å². The maximum absolute atomic E-state index is 12.4. The van der Waals surface area contributed by atoms with Crippen molar-refractivity contribution in [1.82, 2.24) is 10.2 Å². The number of carbonyl (C=O) groups is 2. The molecule has 1 heterocycles. The zero-order chi connectivity index (χ0) is 18.9. The first-order valence-corrected chi connectivity index (χ1v) is 10.4. The number of piperidine rings is 1.